The summed E-state index contributed by atoms with van der Waals surface area (Å²) < 4.78 is 0.983. The third-order valence-corrected chi connectivity index (χ3v) is 5.65. The van der Waals surface area contributed by atoms with Gasteiger partial charge in [-0.1, -0.05) is 58.0 Å². The molecule has 3 aromatic rings. The van der Waals surface area contributed by atoms with Crippen LogP contribution in [0, 0.1) is 0 Å². The molecule has 148 valence electrons. The van der Waals surface area contributed by atoms with Crippen molar-refractivity contribution in [3.8, 4) is 0 Å². The van der Waals surface area contributed by atoms with Crippen LogP contribution in [0.25, 0.3) is 0 Å². The van der Waals surface area contributed by atoms with Gasteiger partial charge in [-0.15, -0.1) is 0 Å². The van der Waals surface area contributed by atoms with Crippen molar-refractivity contribution < 1.29 is 9.59 Å². The molecule has 0 fully saturated rings. The van der Waals surface area contributed by atoms with Gasteiger partial charge in [-0.05, 0) is 48.9 Å². The standard InChI is InChI=1S/C22H20BrN3O2S/c1-15(20(27)25-14-16-6-3-2-4-7-16)26-21(28)19-8-5-13-24-22(19)29-18-11-9-17(23)10-12-18/h2-13,15H,14H2,1H3,(H,25,27)(H,26,28). The molecule has 1 atom stereocenters. The minimum absolute atomic E-state index is 0.242. The zero-order chi connectivity index (χ0) is 20.6. The maximum Gasteiger partial charge on any atom is 0.254 e. The van der Waals surface area contributed by atoms with Crippen LogP contribution < -0.4 is 10.6 Å². The number of halogens is 1. The second kappa shape index (κ2) is 10.2. The van der Waals surface area contributed by atoms with Crippen LogP contribution in [0.15, 0.2) is 87.3 Å². The van der Waals surface area contributed by atoms with E-state index in [0.717, 1.165) is 14.9 Å². The lowest BCUT2D eigenvalue weighted by molar-refractivity contribution is -0.122. The van der Waals surface area contributed by atoms with Crippen molar-refractivity contribution in [2.24, 2.45) is 0 Å². The van der Waals surface area contributed by atoms with Crippen LogP contribution in [0.4, 0.5) is 0 Å². The fourth-order valence-corrected chi connectivity index (χ4v) is 3.68. The Morgan fingerprint density at radius 1 is 1.03 bits per heavy atom. The Morgan fingerprint density at radius 3 is 2.48 bits per heavy atom. The molecule has 0 aliphatic heterocycles. The highest BCUT2D eigenvalue weighted by Gasteiger charge is 2.19. The molecule has 0 aliphatic rings. The average molecular weight is 470 g/mol. The number of carbonyl (C=O) groups excluding carboxylic acids is 2. The van der Waals surface area contributed by atoms with Crippen molar-refractivity contribution in [3.63, 3.8) is 0 Å². The molecule has 1 heterocycles. The number of hydrogen-bond donors (Lipinski definition) is 2. The van der Waals surface area contributed by atoms with Gasteiger partial charge in [0.2, 0.25) is 5.91 Å². The van der Waals surface area contributed by atoms with Crippen LogP contribution in [-0.4, -0.2) is 22.8 Å². The fourth-order valence-electron chi connectivity index (χ4n) is 2.54. The Bertz CT molecular complexity index is 981. The molecule has 0 aliphatic carbocycles. The number of benzene rings is 2. The number of nitrogens with one attached hydrogen (secondary N) is 2. The molecule has 2 amide bonds. The van der Waals surface area contributed by atoms with Crippen LogP contribution in [0.3, 0.4) is 0 Å². The third kappa shape index (κ3) is 6.17. The zero-order valence-corrected chi connectivity index (χ0v) is 18.2. The maximum atomic E-state index is 12.7. The maximum absolute atomic E-state index is 12.7. The van der Waals surface area contributed by atoms with Crippen molar-refractivity contribution in [3.05, 3.63) is 88.5 Å². The number of carbonyl (C=O) groups is 2. The van der Waals surface area contributed by atoms with Crippen molar-refractivity contribution >= 4 is 39.5 Å². The number of amides is 2. The van der Waals surface area contributed by atoms with Gasteiger partial charge in [0.25, 0.3) is 5.91 Å². The summed E-state index contributed by atoms with van der Waals surface area (Å²) >= 11 is 4.81. The quantitative estimate of drug-likeness (QED) is 0.536. The number of rotatable bonds is 7. The van der Waals surface area contributed by atoms with E-state index in [-0.39, 0.29) is 11.8 Å². The molecule has 0 radical (unpaired) electrons. The van der Waals surface area contributed by atoms with E-state index in [2.05, 4.69) is 31.5 Å². The second-order valence-electron chi connectivity index (χ2n) is 6.31. The molecular weight excluding hydrogens is 450 g/mol. The molecule has 2 N–H and O–H groups in total. The van der Waals surface area contributed by atoms with Gasteiger partial charge in [0.1, 0.15) is 11.1 Å². The summed E-state index contributed by atoms with van der Waals surface area (Å²) in [4.78, 5) is 30.4. The monoisotopic (exact) mass is 469 g/mol. The Hall–Kier alpha value is -2.64. The first-order chi connectivity index (χ1) is 14.0. The van der Waals surface area contributed by atoms with Gasteiger partial charge >= 0.3 is 0 Å². The molecule has 2 aromatic carbocycles. The predicted octanol–water partition coefficient (Wildman–Crippen LogP) is 4.43. The lowest BCUT2D eigenvalue weighted by Crippen LogP contribution is -2.44. The predicted molar refractivity (Wildman–Crippen MR) is 118 cm³/mol. The van der Waals surface area contributed by atoms with Gasteiger partial charge in [0.15, 0.2) is 0 Å². The number of nitrogens with zero attached hydrogens (tertiary/aromatic N) is 1. The molecule has 0 bridgehead atoms. The fraction of sp³-hybridized carbons (Fsp3) is 0.136. The average Bonchev–Trinajstić information content (AvgIpc) is 2.74. The first-order valence-electron chi connectivity index (χ1n) is 9.04. The molecule has 3 rings (SSSR count). The molecule has 0 saturated carbocycles. The molecule has 29 heavy (non-hydrogen) atoms. The molecule has 5 nitrogen and oxygen atoms in total. The van der Waals surface area contributed by atoms with Gasteiger partial charge in [-0.25, -0.2) is 4.98 Å². The zero-order valence-electron chi connectivity index (χ0n) is 15.8. The van der Waals surface area contributed by atoms with E-state index < -0.39 is 6.04 Å². The van der Waals surface area contributed by atoms with Gasteiger partial charge in [-0.3, -0.25) is 9.59 Å². The highest BCUT2D eigenvalue weighted by atomic mass is 79.9. The van der Waals surface area contributed by atoms with Gasteiger partial charge < -0.3 is 10.6 Å². The molecular formula is C22H20BrN3O2S. The topological polar surface area (TPSA) is 71.1 Å². The Kier molecular flexibility index (Phi) is 7.43. The first-order valence-corrected chi connectivity index (χ1v) is 10.6. The van der Waals surface area contributed by atoms with E-state index in [1.54, 1.807) is 25.3 Å². The van der Waals surface area contributed by atoms with E-state index in [4.69, 9.17) is 0 Å². The van der Waals surface area contributed by atoms with E-state index >= 15 is 0 Å². The van der Waals surface area contributed by atoms with Crippen LogP contribution in [0.5, 0.6) is 0 Å². The SMILES string of the molecule is CC(NC(=O)c1cccnc1Sc1ccc(Br)cc1)C(=O)NCc1ccccc1. The van der Waals surface area contributed by atoms with Crippen molar-refractivity contribution in [1.82, 2.24) is 15.6 Å². The summed E-state index contributed by atoms with van der Waals surface area (Å²) in [6, 6.07) is 20.1. The first kappa shape index (κ1) is 21.1. The van der Waals surface area contributed by atoms with Gasteiger partial charge in [0.05, 0.1) is 5.56 Å². The van der Waals surface area contributed by atoms with Crippen molar-refractivity contribution in [2.45, 2.75) is 29.4 Å². The minimum Gasteiger partial charge on any atom is -0.350 e. The molecule has 1 unspecified atom stereocenters. The van der Waals surface area contributed by atoms with E-state index in [1.165, 1.54) is 11.8 Å². The smallest absolute Gasteiger partial charge is 0.254 e. The molecule has 7 heteroatoms. The molecule has 0 spiro atoms. The number of pyridine rings is 1. The van der Waals surface area contributed by atoms with E-state index in [1.807, 2.05) is 54.6 Å². The minimum atomic E-state index is -0.669. The summed E-state index contributed by atoms with van der Waals surface area (Å²) in [5.41, 5.74) is 1.43. The summed E-state index contributed by atoms with van der Waals surface area (Å²) in [5.74, 6) is -0.576. The normalized spacial score (nSPS) is 11.5. The summed E-state index contributed by atoms with van der Waals surface area (Å²) in [7, 11) is 0. The van der Waals surface area contributed by atoms with Gasteiger partial charge in [0, 0.05) is 22.1 Å². The number of hydrogen-bond acceptors (Lipinski definition) is 4. The van der Waals surface area contributed by atoms with Crippen LogP contribution in [-0.2, 0) is 11.3 Å². The summed E-state index contributed by atoms with van der Waals surface area (Å²) in [6.45, 7) is 2.08. The van der Waals surface area contributed by atoms with Crippen molar-refractivity contribution in [2.75, 3.05) is 0 Å². The molecule has 0 saturated heterocycles. The largest absolute Gasteiger partial charge is 0.350 e. The lowest BCUT2D eigenvalue weighted by Gasteiger charge is -2.15. The van der Waals surface area contributed by atoms with Crippen molar-refractivity contribution in [1.29, 1.82) is 0 Å². The Balaban J connectivity index is 1.62. The highest BCUT2D eigenvalue weighted by Crippen LogP contribution is 2.29. The van der Waals surface area contributed by atoms with E-state index in [9.17, 15) is 9.59 Å². The second-order valence-corrected chi connectivity index (χ2v) is 8.29. The Labute approximate surface area is 182 Å². The third-order valence-electron chi connectivity index (χ3n) is 4.09. The van der Waals surface area contributed by atoms with Gasteiger partial charge in [-0.2, -0.15) is 0 Å². The van der Waals surface area contributed by atoms with Crippen LogP contribution >= 0.6 is 27.7 Å². The molecule has 1 aromatic heterocycles. The van der Waals surface area contributed by atoms with Crippen LogP contribution in [0.1, 0.15) is 22.8 Å². The van der Waals surface area contributed by atoms with Crippen LogP contribution in [0.2, 0.25) is 0 Å². The highest BCUT2D eigenvalue weighted by molar-refractivity contribution is 9.10. The van der Waals surface area contributed by atoms with E-state index in [0.29, 0.717) is 17.1 Å². The summed E-state index contributed by atoms with van der Waals surface area (Å²) in [6.07, 6.45) is 1.65. The number of aromatic nitrogens is 1. The summed E-state index contributed by atoms with van der Waals surface area (Å²) in [5, 5.41) is 6.18. The Morgan fingerprint density at radius 2 is 1.76 bits per heavy atom. The lowest BCUT2D eigenvalue weighted by atomic mass is 10.2.